The minimum absolute atomic E-state index is 0.143. The molecule has 1 aliphatic heterocycles. The van der Waals surface area contributed by atoms with E-state index in [-0.39, 0.29) is 11.8 Å². The Morgan fingerprint density at radius 1 is 1.41 bits per heavy atom. The predicted molar refractivity (Wildman–Crippen MR) is 62.5 cm³/mol. The number of carbonyl (C=O) groups excluding carboxylic acids is 1. The zero-order valence-corrected chi connectivity index (χ0v) is 10.8. The fourth-order valence-corrected chi connectivity index (χ4v) is 1.90. The van der Waals surface area contributed by atoms with Crippen molar-refractivity contribution in [2.75, 3.05) is 6.61 Å². The normalized spacial score (nSPS) is 26.6. The summed E-state index contributed by atoms with van der Waals surface area (Å²) in [6.45, 7) is 7.84. The number of ether oxygens (including phenoxy) is 1. The lowest BCUT2D eigenvalue weighted by molar-refractivity contribution is -0.147. The molecular formula is C12H21NO4. The van der Waals surface area contributed by atoms with Gasteiger partial charge in [0.1, 0.15) is 12.1 Å². The summed E-state index contributed by atoms with van der Waals surface area (Å²) in [4.78, 5) is 23.0. The Morgan fingerprint density at radius 3 is 2.35 bits per heavy atom. The van der Waals surface area contributed by atoms with Gasteiger partial charge < -0.3 is 15.2 Å². The largest absolute Gasteiger partial charge is 0.480 e. The van der Waals surface area contributed by atoms with Crippen LogP contribution in [0.5, 0.6) is 0 Å². The molecule has 17 heavy (non-hydrogen) atoms. The predicted octanol–water partition coefficient (Wildman–Crippen LogP) is 1.03. The van der Waals surface area contributed by atoms with Gasteiger partial charge in [0.2, 0.25) is 5.91 Å². The maximum absolute atomic E-state index is 11.9. The monoisotopic (exact) mass is 243 g/mol. The Morgan fingerprint density at radius 2 is 2.00 bits per heavy atom. The number of amides is 1. The van der Waals surface area contributed by atoms with Gasteiger partial charge in [0.15, 0.2) is 0 Å². The lowest BCUT2D eigenvalue weighted by Gasteiger charge is -2.29. The Hall–Kier alpha value is -1.10. The van der Waals surface area contributed by atoms with Crippen LogP contribution in [0.3, 0.4) is 0 Å². The molecule has 2 unspecified atom stereocenters. The van der Waals surface area contributed by atoms with E-state index in [0.717, 1.165) is 6.42 Å². The number of hydrogen-bond acceptors (Lipinski definition) is 3. The van der Waals surface area contributed by atoms with Gasteiger partial charge in [0, 0.05) is 6.61 Å². The lowest BCUT2D eigenvalue weighted by Crippen LogP contribution is -2.52. The van der Waals surface area contributed by atoms with Crippen LogP contribution in [0.15, 0.2) is 0 Å². The first kappa shape index (κ1) is 14.0. The van der Waals surface area contributed by atoms with Crippen molar-refractivity contribution in [1.82, 2.24) is 5.32 Å². The fraction of sp³-hybridized carbons (Fsp3) is 0.833. The molecule has 98 valence electrons. The summed E-state index contributed by atoms with van der Waals surface area (Å²) in [5.74, 6) is -1.20. The van der Waals surface area contributed by atoms with Crippen molar-refractivity contribution < 1.29 is 19.4 Å². The smallest absolute Gasteiger partial charge is 0.326 e. The maximum Gasteiger partial charge on any atom is 0.326 e. The third-order valence-electron chi connectivity index (χ3n) is 3.05. The van der Waals surface area contributed by atoms with Crippen LogP contribution in [-0.4, -0.2) is 35.7 Å². The van der Waals surface area contributed by atoms with Crippen LogP contribution in [0.25, 0.3) is 0 Å². The van der Waals surface area contributed by atoms with Gasteiger partial charge in [-0.1, -0.05) is 27.7 Å². The third kappa shape index (κ3) is 3.43. The first-order valence-corrected chi connectivity index (χ1v) is 5.88. The molecular weight excluding hydrogens is 222 g/mol. The Kier molecular flexibility index (Phi) is 4.14. The van der Waals surface area contributed by atoms with Gasteiger partial charge in [-0.25, -0.2) is 4.79 Å². The highest BCUT2D eigenvalue weighted by molar-refractivity contribution is 5.87. The molecule has 1 aliphatic rings. The third-order valence-corrected chi connectivity index (χ3v) is 3.05. The van der Waals surface area contributed by atoms with Gasteiger partial charge in [-0.15, -0.1) is 0 Å². The van der Waals surface area contributed by atoms with Gasteiger partial charge in [0.05, 0.1) is 0 Å². The molecule has 1 fully saturated rings. The number of carboxylic acids is 1. The van der Waals surface area contributed by atoms with E-state index in [1.165, 1.54) is 0 Å². The highest BCUT2D eigenvalue weighted by Crippen LogP contribution is 2.23. The van der Waals surface area contributed by atoms with E-state index in [2.05, 4.69) is 5.32 Å². The van der Waals surface area contributed by atoms with Crippen molar-refractivity contribution in [2.24, 2.45) is 11.3 Å². The molecule has 3 atom stereocenters. The van der Waals surface area contributed by atoms with E-state index in [1.807, 2.05) is 6.92 Å². The Labute approximate surface area is 102 Å². The Bertz CT molecular complexity index is 308. The zero-order valence-electron chi connectivity index (χ0n) is 10.8. The molecule has 0 saturated carbocycles. The topological polar surface area (TPSA) is 75.6 Å². The van der Waals surface area contributed by atoms with Crippen LogP contribution < -0.4 is 5.32 Å². The minimum Gasteiger partial charge on any atom is -0.480 e. The molecule has 5 heteroatoms. The second-order valence-corrected chi connectivity index (χ2v) is 5.70. The first-order chi connectivity index (χ1) is 7.73. The zero-order chi connectivity index (χ0) is 13.2. The summed E-state index contributed by atoms with van der Waals surface area (Å²) in [6, 6.07) is -0.897. The van der Waals surface area contributed by atoms with Crippen molar-refractivity contribution in [2.45, 2.75) is 46.3 Å². The van der Waals surface area contributed by atoms with Crippen molar-refractivity contribution in [3.05, 3.63) is 0 Å². The van der Waals surface area contributed by atoms with Gasteiger partial charge in [-0.05, 0) is 17.8 Å². The highest BCUT2D eigenvalue weighted by atomic mass is 16.5. The SMILES string of the molecule is CC1CCOC1C(=O)N[C@@H](C(=O)O)C(C)(C)C. The van der Waals surface area contributed by atoms with Crippen molar-refractivity contribution in [1.29, 1.82) is 0 Å². The summed E-state index contributed by atoms with van der Waals surface area (Å²) < 4.78 is 5.32. The van der Waals surface area contributed by atoms with E-state index < -0.39 is 23.5 Å². The molecule has 5 nitrogen and oxygen atoms in total. The van der Waals surface area contributed by atoms with E-state index >= 15 is 0 Å². The quantitative estimate of drug-likeness (QED) is 0.776. The summed E-state index contributed by atoms with van der Waals surface area (Å²) >= 11 is 0. The summed E-state index contributed by atoms with van der Waals surface area (Å²) in [5.41, 5.74) is -0.524. The number of hydrogen-bond donors (Lipinski definition) is 2. The van der Waals surface area contributed by atoms with Crippen LogP contribution in [0.2, 0.25) is 0 Å². The summed E-state index contributed by atoms with van der Waals surface area (Å²) in [7, 11) is 0. The molecule has 2 N–H and O–H groups in total. The number of carboxylic acid groups (broad SMARTS) is 1. The first-order valence-electron chi connectivity index (χ1n) is 5.88. The second kappa shape index (κ2) is 5.04. The highest BCUT2D eigenvalue weighted by Gasteiger charge is 2.37. The van der Waals surface area contributed by atoms with Crippen LogP contribution in [0.4, 0.5) is 0 Å². The molecule has 0 spiro atoms. The van der Waals surface area contributed by atoms with Crippen molar-refractivity contribution in [3.63, 3.8) is 0 Å². The van der Waals surface area contributed by atoms with Crippen molar-refractivity contribution >= 4 is 11.9 Å². The number of carbonyl (C=O) groups is 2. The average Bonchev–Trinajstić information content (AvgIpc) is 2.58. The van der Waals surface area contributed by atoms with E-state index in [0.29, 0.717) is 6.61 Å². The van der Waals surface area contributed by atoms with Gasteiger partial charge >= 0.3 is 5.97 Å². The molecule has 1 heterocycles. The molecule has 0 aromatic rings. The molecule has 1 saturated heterocycles. The van der Waals surface area contributed by atoms with Gasteiger partial charge in [-0.2, -0.15) is 0 Å². The molecule has 1 rings (SSSR count). The number of rotatable bonds is 3. The number of aliphatic carboxylic acids is 1. The van der Waals surface area contributed by atoms with Crippen LogP contribution >= 0.6 is 0 Å². The van der Waals surface area contributed by atoms with E-state index in [9.17, 15) is 9.59 Å². The molecule has 0 radical (unpaired) electrons. The van der Waals surface area contributed by atoms with Crippen LogP contribution in [0.1, 0.15) is 34.1 Å². The standard InChI is InChI=1S/C12H21NO4/c1-7-5-6-17-8(7)10(14)13-9(11(15)16)12(2,3)4/h7-9H,5-6H2,1-4H3,(H,13,14)(H,15,16)/t7?,8?,9-/m0/s1. The summed E-state index contributed by atoms with van der Waals surface area (Å²) in [5, 5.41) is 11.7. The maximum atomic E-state index is 11.9. The molecule has 0 aliphatic carbocycles. The minimum atomic E-state index is -1.02. The van der Waals surface area contributed by atoms with Gasteiger partial charge in [0.25, 0.3) is 0 Å². The average molecular weight is 243 g/mol. The van der Waals surface area contributed by atoms with Crippen LogP contribution in [-0.2, 0) is 14.3 Å². The lowest BCUT2D eigenvalue weighted by atomic mass is 9.86. The molecule has 0 aromatic heterocycles. The fourth-order valence-electron chi connectivity index (χ4n) is 1.90. The Balaban J connectivity index is 2.68. The number of nitrogens with one attached hydrogen (secondary N) is 1. The van der Waals surface area contributed by atoms with E-state index in [4.69, 9.17) is 9.84 Å². The molecule has 0 aromatic carbocycles. The van der Waals surface area contributed by atoms with E-state index in [1.54, 1.807) is 20.8 Å². The summed E-state index contributed by atoms with van der Waals surface area (Å²) in [6.07, 6.45) is 0.324. The second-order valence-electron chi connectivity index (χ2n) is 5.70. The van der Waals surface area contributed by atoms with Gasteiger partial charge in [-0.3, -0.25) is 4.79 Å². The molecule has 1 amide bonds. The van der Waals surface area contributed by atoms with Crippen molar-refractivity contribution in [3.8, 4) is 0 Å². The van der Waals surface area contributed by atoms with Crippen LogP contribution in [0, 0.1) is 11.3 Å². The molecule has 0 bridgehead atoms.